The topological polar surface area (TPSA) is 39.7 Å². The summed E-state index contributed by atoms with van der Waals surface area (Å²) in [6.45, 7) is 6.32. The minimum atomic E-state index is 0.275. The van der Waals surface area contributed by atoms with Gasteiger partial charge in [0.1, 0.15) is 18.1 Å². The van der Waals surface area contributed by atoms with E-state index in [2.05, 4.69) is 55.6 Å². The van der Waals surface area contributed by atoms with Crippen LogP contribution in [0.5, 0.6) is 11.5 Å². The number of ether oxygens (including phenoxy) is 3. The van der Waals surface area contributed by atoms with Crippen LogP contribution in [0.2, 0.25) is 0 Å². The number of hydrogen-bond acceptors (Lipinski definition) is 6. The van der Waals surface area contributed by atoms with Crippen molar-refractivity contribution >= 4 is 23.5 Å². The molecule has 0 saturated carbocycles. The Hall–Kier alpha value is -1.34. The lowest BCUT2D eigenvalue weighted by Gasteiger charge is -2.19. The second kappa shape index (κ2) is 11.0. The molecule has 152 valence electrons. The van der Waals surface area contributed by atoms with Crippen molar-refractivity contribution in [3.05, 3.63) is 48.0 Å². The van der Waals surface area contributed by atoms with Gasteiger partial charge in [0.2, 0.25) is 0 Å². The van der Waals surface area contributed by atoms with Crippen LogP contribution in [0.25, 0.3) is 0 Å². The average molecular weight is 420 g/mol. The third-order valence-electron chi connectivity index (χ3n) is 4.50. The van der Waals surface area contributed by atoms with Gasteiger partial charge in [-0.1, -0.05) is 31.2 Å². The van der Waals surface area contributed by atoms with Crippen LogP contribution in [0.4, 0.5) is 0 Å². The molecular weight excluding hydrogens is 390 g/mol. The van der Waals surface area contributed by atoms with Crippen LogP contribution in [0.3, 0.4) is 0 Å². The lowest BCUT2D eigenvalue weighted by Crippen LogP contribution is -2.39. The minimum absolute atomic E-state index is 0.275. The molecule has 0 aromatic heterocycles. The Morgan fingerprint density at radius 1 is 1.25 bits per heavy atom. The van der Waals surface area contributed by atoms with E-state index in [1.54, 1.807) is 7.11 Å². The minimum Gasteiger partial charge on any atom is -0.491 e. The van der Waals surface area contributed by atoms with Gasteiger partial charge >= 0.3 is 0 Å². The van der Waals surface area contributed by atoms with E-state index in [1.807, 2.05) is 29.6 Å². The number of methoxy groups -OCH3 is 1. The van der Waals surface area contributed by atoms with E-state index in [4.69, 9.17) is 14.2 Å². The predicted molar refractivity (Wildman–Crippen MR) is 118 cm³/mol. The van der Waals surface area contributed by atoms with Gasteiger partial charge in [-0.05, 0) is 43.1 Å². The maximum Gasteiger partial charge on any atom is 0.188 e. The summed E-state index contributed by atoms with van der Waals surface area (Å²) >= 11 is 3.71. The normalized spacial score (nSPS) is 17.3. The fraction of sp³-hybridized carbons (Fsp3) is 0.455. The summed E-state index contributed by atoms with van der Waals surface area (Å²) in [5.41, 5.74) is 1.14. The maximum absolute atomic E-state index is 5.97. The van der Waals surface area contributed by atoms with Gasteiger partial charge in [-0.25, -0.2) is 0 Å². The van der Waals surface area contributed by atoms with Crippen molar-refractivity contribution in [3.63, 3.8) is 0 Å². The molecule has 0 radical (unpaired) electrons. The largest absolute Gasteiger partial charge is 0.491 e. The van der Waals surface area contributed by atoms with Gasteiger partial charge in [-0.3, -0.25) is 0 Å². The number of fused-ring (bicyclic) bond motifs is 1. The van der Waals surface area contributed by atoms with Crippen LogP contribution in [0.15, 0.2) is 52.3 Å². The van der Waals surface area contributed by atoms with Crippen molar-refractivity contribution in [2.45, 2.75) is 29.7 Å². The average Bonchev–Trinajstić information content (AvgIpc) is 2.92. The fourth-order valence-corrected chi connectivity index (χ4v) is 5.08. The number of rotatable bonds is 9. The Morgan fingerprint density at radius 2 is 2.11 bits per heavy atom. The van der Waals surface area contributed by atoms with E-state index in [0.29, 0.717) is 12.0 Å². The summed E-state index contributed by atoms with van der Waals surface area (Å²) in [6.07, 6.45) is 0. The molecular formula is C22H29NO3S2. The second-order valence-electron chi connectivity index (χ2n) is 7.04. The van der Waals surface area contributed by atoms with Gasteiger partial charge in [0.15, 0.2) is 6.79 Å². The molecule has 1 N–H and O–H groups in total. The summed E-state index contributed by atoms with van der Waals surface area (Å²) in [6, 6.07) is 14.9. The first-order chi connectivity index (χ1) is 13.7. The monoisotopic (exact) mass is 419 g/mol. The highest BCUT2D eigenvalue weighted by Crippen LogP contribution is 2.34. The first-order valence-corrected chi connectivity index (χ1v) is 11.6. The van der Waals surface area contributed by atoms with Gasteiger partial charge in [0.25, 0.3) is 0 Å². The molecule has 0 fully saturated rings. The highest BCUT2D eigenvalue weighted by molar-refractivity contribution is 7.99. The summed E-state index contributed by atoms with van der Waals surface area (Å²) in [5.74, 6) is 4.53. The maximum atomic E-state index is 5.97. The Balaban J connectivity index is 1.45. The molecule has 1 aliphatic heterocycles. The molecule has 0 unspecified atom stereocenters. The first-order valence-electron chi connectivity index (χ1n) is 9.59. The Morgan fingerprint density at radius 3 is 2.96 bits per heavy atom. The van der Waals surface area contributed by atoms with Gasteiger partial charge in [-0.15, -0.1) is 23.5 Å². The molecule has 2 aromatic rings. The molecule has 0 amide bonds. The Bertz CT molecular complexity index is 729. The smallest absolute Gasteiger partial charge is 0.188 e. The first kappa shape index (κ1) is 21.4. The SMILES string of the molecule is COCOc1c(C)cccc1SC[C@@H](C)CN[C@@H]1COc2ccccc2SC1. The lowest BCUT2D eigenvalue weighted by molar-refractivity contribution is 0.0486. The lowest BCUT2D eigenvalue weighted by atomic mass is 10.2. The van der Waals surface area contributed by atoms with Crippen molar-refractivity contribution < 1.29 is 14.2 Å². The molecule has 0 aliphatic carbocycles. The number of hydrogen-bond donors (Lipinski definition) is 1. The van der Waals surface area contributed by atoms with E-state index < -0.39 is 0 Å². The molecule has 3 rings (SSSR count). The van der Waals surface area contributed by atoms with Crippen LogP contribution >= 0.6 is 23.5 Å². The van der Waals surface area contributed by atoms with Gasteiger partial charge in [0.05, 0.1) is 6.04 Å². The molecule has 0 bridgehead atoms. The number of thioether (sulfide) groups is 2. The second-order valence-corrected chi connectivity index (χ2v) is 9.17. The van der Waals surface area contributed by atoms with Crippen molar-refractivity contribution in [1.82, 2.24) is 5.32 Å². The van der Waals surface area contributed by atoms with Gasteiger partial charge in [0, 0.05) is 28.4 Å². The third kappa shape index (κ3) is 6.08. The third-order valence-corrected chi connectivity index (χ3v) is 7.09. The van der Waals surface area contributed by atoms with Crippen molar-refractivity contribution in [2.75, 3.05) is 38.6 Å². The van der Waals surface area contributed by atoms with Gasteiger partial charge < -0.3 is 19.5 Å². The molecule has 1 heterocycles. The molecule has 2 aromatic carbocycles. The fourth-order valence-electron chi connectivity index (χ4n) is 2.94. The van der Waals surface area contributed by atoms with Crippen LogP contribution in [0.1, 0.15) is 12.5 Å². The number of aryl methyl sites for hydroxylation is 1. The van der Waals surface area contributed by atoms with Crippen LogP contribution in [-0.2, 0) is 4.74 Å². The highest BCUT2D eigenvalue weighted by Gasteiger charge is 2.18. The molecule has 2 atom stereocenters. The zero-order valence-electron chi connectivity index (χ0n) is 16.8. The summed E-state index contributed by atoms with van der Waals surface area (Å²) in [4.78, 5) is 2.41. The van der Waals surface area contributed by atoms with E-state index >= 15 is 0 Å². The van der Waals surface area contributed by atoms with Crippen molar-refractivity contribution in [2.24, 2.45) is 5.92 Å². The zero-order chi connectivity index (χ0) is 19.8. The van der Waals surface area contributed by atoms with Crippen molar-refractivity contribution in [3.8, 4) is 11.5 Å². The Labute approximate surface area is 176 Å². The van der Waals surface area contributed by atoms with E-state index in [-0.39, 0.29) is 6.79 Å². The number of nitrogens with one attached hydrogen (secondary N) is 1. The summed E-state index contributed by atoms with van der Waals surface area (Å²) in [5, 5.41) is 3.68. The highest BCUT2D eigenvalue weighted by atomic mass is 32.2. The zero-order valence-corrected chi connectivity index (χ0v) is 18.4. The van der Waals surface area contributed by atoms with E-state index in [9.17, 15) is 0 Å². The standard InChI is InChI=1S/C22H29NO3S2/c1-16(13-27-21-10-6-7-17(2)22(21)26-15-24-3)11-23-18-12-25-19-8-4-5-9-20(19)28-14-18/h4-10,16,18,23H,11-15H2,1-3H3/t16-,18+/m0/s1. The number of benzene rings is 2. The molecule has 0 spiro atoms. The van der Waals surface area contributed by atoms with Crippen LogP contribution < -0.4 is 14.8 Å². The summed E-state index contributed by atoms with van der Waals surface area (Å²) in [7, 11) is 1.65. The van der Waals surface area contributed by atoms with E-state index in [1.165, 1.54) is 9.79 Å². The molecule has 0 saturated heterocycles. The molecule has 6 heteroatoms. The van der Waals surface area contributed by atoms with E-state index in [0.717, 1.165) is 41.7 Å². The predicted octanol–water partition coefficient (Wildman–Crippen LogP) is 4.85. The number of para-hydroxylation sites is 2. The van der Waals surface area contributed by atoms with Gasteiger partial charge in [-0.2, -0.15) is 0 Å². The summed E-state index contributed by atoms with van der Waals surface area (Å²) < 4.78 is 16.8. The van der Waals surface area contributed by atoms with Crippen LogP contribution in [-0.4, -0.2) is 44.6 Å². The quantitative estimate of drug-likeness (QED) is 0.463. The van der Waals surface area contributed by atoms with Crippen LogP contribution in [0, 0.1) is 12.8 Å². The van der Waals surface area contributed by atoms with Crippen molar-refractivity contribution in [1.29, 1.82) is 0 Å². The molecule has 1 aliphatic rings. The molecule has 4 nitrogen and oxygen atoms in total. The Kier molecular flexibility index (Phi) is 8.40. The molecule has 28 heavy (non-hydrogen) atoms.